The molecule has 3 aromatic rings. The summed E-state index contributed by atoms with van der Waals surface area (Å²) in [5, 5.41) is 11.3. The molecular formula is C27H16Cl2F9N3O3. The fourth-order valence-corrected chi connectivity index (χ4v) is 4.58. The van der Waals surface area contributed by atoms with Gasteiger partial charge in [-0.2, -0.15) is 40.4 Å². The van der Waals surface area contributed by atoms with Crippen LogP contribution in [0.25, 0.3) is 0 Å². The lowest BCUT2D eigenvalue weighted by Crippen LogP contribution is -2.59. The molecule has 0 aromatic heterocycles. The summed E-state index contributed by atoms with van der Waals surface area (Å²) in [7, 11) is 1.11. The largest absolute Gasteiger partial charge is 0.494 e. The van der Waals surface area contributed by atoms with Crippen LogP contribution in [0, 0.1) is 18.3 Å². The van der Waals surface area contributed by atoms with Crippen LogP contribution >= 0.6 is 23.2 Å². The fraction of sp³-hybridized carbons (Fsp3) is 0.222. The van der Waals surface area contributed by atoms with Crippen molar-refractivity contribution in [2.75, 3.05) is 17.7 Å². The fourth-order valence-electron chi connectivity index (χ4n) is 4.00. The summed E-state index contributed by atoms with van der Waals surface area (Å²) < 4.78 is 127. The molecule has 0 aliphatic heterocycles. The smallest absolute Gasteiger partial charge is 0.457 e. The summed E-state index contributed by atoms with van der Waals surface area (Å²) in [5.41, 5.74) is -8.84. The van der Waals surface area contributed by atoms with Crippen LogP contribution in [0.5, 0.6) is 5.75 Å². The second-order valence-corrected chi connectivity index (χ2v) is 9.79. The second-order valence-electron chi connectivity index (χ2n) is 8.98. The highest BCUT2D eigenvalue weighted by Gasteiger charge is 2.81. The first-order chi connectivity index (χ1) is 20.2. The van der Waals surface area contributed by atoms with E-state index in [0.717, 1.165) is 13.2 Å². The van der Waals surface area contributed by atoms with Gasteiger partial charge in [0.05, 0.1) is 45.7 Å². The quantitative estimate of drug-likeness (QED) is 0.246. The Morgan fingerprint density at radius 2 is 1.39 bits per heavy atom. The molecule has 0 radical (unpaired) electrons. The molecule has 1 unspecified atom stereocenters. The normalized spacial score (nSPS) is 13.5. The minimum atomic E-state index is -6.97. The van der Waals surface area contributed by atoms with E-state index in [1.54, 1.807) is 6.92 Å². The van der Waals surface area contributed by atoms with Gasteiger partial charge in [0.1, 0.15) is 0 Å². The van der Waals surface area contributed by atoms with Gasteiger partial charge >= 0.3 is 23.9 Å². The van der Waals surface area contributed by atoms with Crippen molar-refractivity contribution in [1.82, 2.24) is 0 Å². The van der Waals surface area contributed by atoms with Crippen molar-refractivity contribution >= 4 is 46.4 Å². The van der Waals surface area contributed by atoms with Gasteiger partial charge in [0.25, 0.3) is 11.8 Å². The molecule has 2 N–H and O–H groups in total. The number of rotatable bonds is 7. The van der Waals surface area contributed by atoms with E-state index in [1.165, 1.54) is 30.3 Å². The van der Waals surface area contributed by atoms with Crippen LogP contribution in [0.2, 0.25) is 10.0 Å². The van der Waals surface area contributed by atoms with E-state index >= 15 is 0 Å². The van der Waals surface area contributed by atoms with Crippen LogP contribution in [-0.2, 0) is 5.67 Å². The van der Waals surface area contributed by atoms with Crippen molar-refractivity contribution < 1.29 is 53.8 Å². The molecule has 0 fully saturated rings. The average Bonchev–Trinajstić information content (AvgIpc) is 2.92. The van der Waals surface area contributed by atoms with Crippen LogP contribution in [0.15, 0.2) is 48.5 Å². The van der Waals surface area contributed by atoms with Gasteiger partial charge in [0.15, 0.2) is 5.75 Å². The minimum Gasteiger partial charge on any atom is -0.494 e. The molecule has 234 valence electrons. The number of nitrogens with zero attached hydrogens (tertiary/aromatic N) is 1. The Bertz CT molecular complexity index is 1650. The summed E-state index contributed by atoms with van der Waals surface area (Å²) in [4.78, 5) is 25.9. The number of para-hydroxylation sites is 1. The van der Waals surface area contributed by atoms with E-state index in [1.807, 2.05) is 6.07 Å². The van der Waals surface area contributed by atoms with Gasteiger partial charge in [-0.05, 0) is 55.0 Å². The average molecular weight is 672 g/mol. The van der Waals surface area contributed by atoms with E-state index in [4.69, 9.17) is 33.2 Å². The van der Waals surface area contributed by atoms with E-state index < -0.39 is 57.1 Å². The number of ether oxygens (including phenoxy) is 1. The number of nitrogens with one attached hydrogen (secondary N) is 2. The van der Waals surface area contributed by atoms with Gasteiger partial charge in [-0.3, -0.25) is 9.59 Å². The molecular weight excluding hydrogens is 656 g/mol. The van der Waals surface area contributed by atoms with Crippen molar-refractivity contribution in [3.8, 4) is 11.8 Å². The molecule has 0 bridgehead atoms. The van der Waals surface area contributed by atoms with E-state index in [2.05, 4.69) is 10.6 Å². The zero-order valence-corrected chi connectivity index (χ0v) is 23.5. The molecule has 17 heteroatoms. The van der Waals surface area contributed by atoms with Crippen LogP contribution < -0.4 is 15.4 Å². The zero-order chi connectivity index (χ0) is 33.4. The number of aryl methyl sites for hydroxylation is 1. The molecule has 3 aromatic carbocycles. The first kappa shape index (κ1) is 34.3. The Balaban J connectivity index is 2.00. The maximum Gasteiger partial charge on any atom is 0.457 e. The Morgan fingerprint density at radius 1 is 0.818 bits per heavy atom. The first-order valence-electron chi connectivity index (χ1n) is 11.7. The maximum atomic E-state index is 14.9. The molecule has 0 heterocycles. The summed E-state index contributed by atoms with van der Waals surface area (Å²) in [5.74, 6) is -9.03. The number of hydrogen-bond acceptors (Lipinski definition) is 4. The zero-order valence-electron chi connectivity index (χ0n) is 21.9. The number of anilines is 2. The van der Waals surface area contributed by atoms with Gasteiger partial charge < -0.3 is 15.4 Å². The van der Waals surface area contributed by atoms with Crippen molar-refractivity contribution in [3.63, 3.8) is 0 Å². The predicted octanol–water partition coefficient (Wildman–Crippen LogP) is 8.61. The summed E-state index contributed by atoms with van der Waals surface area (Å²) >= 11 is 11.6. The van der Waals surface area contributed by atoms with Crippen molar-refractivity contribution in [2.24, 2.45) is 0 Å². The Kier molecular flexibility index (Phi) is 9.43. The number of halogens is 11. The Labute approximate surface area is 252 Å². The minimum absolute atomic E-state index is 0.0526. The number of hydrogen-bond donors (Lipinski definition) is 2. The third-order valence-electron chi connectivity index (χ3n) is 6.17. The summed E-state index contributed by atoms with van der Waals surface area (Å²) in [6, 6.07) is 9.58. The highest BCUT2D eigenvalue weighted by atomic mass is 35.5. The number of nitriles is 1. The SMILES string of the molecule is COc1c(NC(=O)c2ccc(C#N)cc2C)cccc1C(=O)Nc1c(Cl)cc(C(F)(C(F)(F)F)C(F)(F)C(F)(F)F)cc1Cl. The second kappa shape index (κ2) is 12.1. The number of carbonyl (C=O) groups is 2. The molecule has 1 atom stereocenters. The van der Waals surface area contributed by atoms with Crippen LogP contribution in [0.4, 0.5) is 50.9 Å². The van der Waals surface area contributed by atoms with Crippen molar-refractivity contribution in [2.45, 2.75) is 30.9 Å². The molecule has 44 heavy (non-hydrogen) atoms. The Morgan fingerprint density at radius 3 is 1.86 bits per heavy atom. The van der Waals surface area contributed by atoms with Gasteiger partial charge in [-0.25, -0.2) is 4.39 Å². The van der Waals surface area contributed by atoms with E-state index in [9.17, 15) is 49.1 Å². The van der Waals surface area contributed by atoms with Crippen molar-refractivity contribution in [1.29, 1.82) is 5.26 Å². The highest BCUT2D eigenvalue weighted by Crippen LogP contribution is 2.59. The van der Waals surface area contributed by atoms with Crippen LogP contribution in [0.1, 0.15) is 37.4 Å². The molecule has 3 rings (SSSR count). The molecule has 0 saturated carbocycles. The van der Waals surface area contributed by atoms with E-state index in [-0.39, 0.29) is 34.7 Å². The van der Waals surface area contributed by atoms with E-state index in [0.29, 0.717) is 11.1 Å². The van der Waals surface area contributed by atoms with Gasteiger partial charge in [0.2, 0.25) is 0 Å². The maximum absolute atomic E-state index is 14.9. The third kappa shape index (κ3) is 6.09. The molecule has 0 spiro atoms. The molecule has 2 amide bonds. The first-order valence-corrected chi connectivity index (χ1v) is 12.5. The third-order valence-corrected chi connectivity index (χ3v) is 6.77. The van der Waals surface area contributed by atoms with Gasteiger partial charge in [-0.1, -0.05) is 29.3 Å². The monoisotopic (exact) mass is 671 g/mol. The lowest BCUT2D eigenvalue weighted by Gasteiger charge is -2.36. The van der Waals surface area contributed by atoms with Crippen LogP contribution in [0.3, 0.4) is 0 Å². The highest BCUT2D eigenvalue weighted by molar-refractivity contribution is 6.40. The lowest BCUT2D eigenvalue weighted by molar-refractivity contribution is -0.389. The summed E-state index contributed by atoms with van der Waals surface area (Å²) in [6.45, 7) is 1.57. The standard InChI is InChI=1S/C27H16Cl2F9N3O3/c1-12-8-13(11-39)6-7-15(12)22(42)40-19-5-3-4-16(21(19)44-2)23(43)41-20-17(28)9-14(10-18(20)29)24(30,26(33,34)35)25(31,32)27(36,37)38/h3-10H,1-2H3,(H,40,42)(H,41,43). The van der Waals surface area contributed by atoms with Crippen molar-refractivity contribution in [3.05, 3.63) is 86.4 Å². The van der Waals surface area contributed by atoms with Gasteiger partial charge in [-0.15, -0.1) is 0 Å². The topological polar surface area (TPSA) is 91.2 Å². The van der Waals surface area contributed by atoms with Crippen LogP contribution in [-0.4, -0.2) is 37.2 Å². The molecule has 6 nitrogen and oxygen atoms in total. The molecule has 0 saturated heterocycles. The Hall–Kier alpha value is -4.16. The predicted molar refractivity (Wildman–Crippen MR) is 141 cm³/mol. The number of methoxy groups -OCH3 is 1. The number of alkyl halides is 9. The lowest BCUT2D eigenvalue weighted by atomic mass is 9.87. The number of amides is 2. The number of carbonyl (C=O) groups excluding carboxylic acids is 2. The molecule has 0 aliphatic rings. The molecule has 0 aliphatic carbocycles. The van der Waals surface area contributed by atoms with Gasteiger partial charge in [0, 0.05) is 11.1 Å². The summed E-state index contributed by atoms with van der Waals surface area (Å²) in [6.07, 6.45) is -13.8. The number of benzene rings is 3.